The van der Waals surface area contributed by atoms with Gasteiger partial charge in [-0.3, -0.25) is 4.99 Å². The number of rotatable bonds is 3. The van der Waals surface area contributed by atoms with Crippen molar-refractivity contribution in [1.82, 2.24) is 0 Å². The van der Waals surface area contributed by atoms with E-state index in [1.165, 1.54) is 11.3 Å². The minimum atomic E-state index is 0.444. The lowest BCUT2D eigenvalue weighted by molar-refractivity contribution is 0.688. The molecular weight excluding hydrogens is 339 g/mol. The van der Waals surface area contributed by atoms with E-state index in [-0.39, 0.29) is 0 Å². The highest BCUT2D eigenvalue weighted by atomic mass is 35.5. The van der Waals surface area contributed by atoms with Gasteiger partial charge in [0, 0.05) is 23.8 Å². The Labute approximate surface area is 153 Å². The fourth-order valence-corrected chi connectivity index (χ4v) is 3.20. The van der Waals surface area contributed by atoms with Crippen molar-refractivity contribution < 1.29 is 0 Å². The van der Waals surface area contributed by atoms with Crippen LogP contribution in [0, 0.1) is 0 Å². The number of hydrogen-bond donors (Lipinski definition) is 0. The van der Waals surface area contributed by atoms with E-state index in [0.29, 0.717) is 16.1 Å². The molecule has 4 heteroatoms. The number of benzene rings is 2. The molecule has 0 aliphatic carbocycles. The van der Waals surface area contributed by atoms with Gasteiger partial charge in [-0.2, -0.15) is 0 Å². The van der Waals surface area contributed by atoms with Crippen LogP contribution in [-0.4, -0.2) is 24.8 Å². The van der Waals surface area contributed by atoms with E-state index in [1.807, 2.05) is 24.3 Å². The molecule has 2 aromatic carbocycles. The number of benzodiazepines with no additional fused rings is 1. The van der Waals surface area contributed by atoms with Gasteiger partial charge in [0.2, 0.25) is 0 Å². The predicted octanol–water partition coefficient (Wildman–Crippen LogP) is 5.72. The smallest absolute Gasteiger partial charge is 0.0668 e. The van der Waals surface area contributed by atoms with Crippen LogP contribution in [0.15, 0.2) is 53.5 Å². The summed E-state index contributed by atoms with van der Waals surface area (Å²) in [5, 5.41) is 1.13. The van der Waals surface area contributed by atoms with Crippen molar-refractivity contribution in [3.05, 3.63) is 69.7 Å². The van der Waals surface area contributed by atoms with E-state index < -0.39 is 0 Å². The first-order chi connectivity index (χ1) is 11.6. The van der Waals surface area contributed by atoms with Crippen LogP contribution in [-0.2, 0) is 0 Å². The van der Waals surface area contributed by atoms with E-state index in [2.05, 4.69) is 49.1 Å². The standard InChI is InChI=1S/C20H20Cl2N2/c1-14(2)24-12-11-23-19(16-5-3-4-6-20(16)24)10-8-15-7-9-17(21)18(22)13-15/h3-10,13-14H,11-12H2,1-2H3. The van der Waals surface area contributed by atoms with Crippen molar-refractivity contribution in [2.45, 2.75) is 19.9 Å². The maximum Gasteiger partial charge on any atom is 0.0668 e. The van der Waals surface area contributed by atoms with Gasteiger partial charge in [0.1, 0.15) is 0 Å². The van der Waals surface area contributed by atoms with E-state index in [9.17, 15) is 0 Å². The van der Waals surface area contributed by atoms with E-state index in [4.69, 9.17) is 28.2 Å². The molecule has 1 aliphatic rings. The second kappa shape index (κ2) is 7.42. The van der Waals surface area contributed by atoms with Crippen LogP contribution in [0.3, 0.4) is 0 Å². The molecule has 0 N–H and O–H groups in total. The number of hydrogen-bond acceptors (Lipinski definition) is 2. The first-order valence-corrected chi connectivity index (χ1v) is 8.85. The molecule has 0 unspecified atom stereocenters. The minimum Gasteiger partial charge on any atom is -0.367 e. The Kier molecular flexibility index (Phi) is 5.27. The van der Waals surface area contributed by atoms with Crippen molar-refractivity contribution in [3.8, 4) is 0 Å². The molecule has 0 atom stereocenters. The van der Waals surface area contributed by atoms with Gasteiger partial charge in [-0.15, -0.1) is 0 Å². The van der Waals surface area contributed by atoms with Crippen LogP contribution < -0.4 is 4.90 Å². The lowest BCUT2D eigenvalue weighted by Gasteiger charge is -2.28. The zero-order valence-electron chi connectivity index (χ0n) is 13.8. The van der Waals surface area contributed by atoms with Gasteiger partial charge in [-0.25, -0.2) is 0 Å². The fourth-order valence-electron chi connectivity index (χ4n) is 2.89. The number of para-hydroxylation sites is 1. The van der Waals surface area contributed by atoms with Gasteiger partial charge in [0.15, 0.2) is 0 Å². The number of allylic oxidation sites excluding steroid dienone is 1. The molecule has 124 valence electrons. The maximum atomic E-state index is 6.09. The van der Waals surface area contributed by atoms with Crippen molar-refractivity contribution >= 4 is 40.7 Å². The summed E-state index contributed by atoms with van der Waals surface area (Å²) < 4.78 is 0. The number of aliphatic imine (C=N–C) groups is 1. The van der Waals surface area contributed by atoms with Crippen LogP contribution in [0.1, 0.15) is 25.0 Å². The number of halogens is 2. The Morgan fingerprint density at radius 1 is 1.04 bits per heavy atom. The van der Waals surface area contributed by atoms with Gasteiger partial charge in [0.25, 0.3) is 0 Å². The Bertz CT molecular complexity index is 794. The summed E-state index contributed by atoms with van der Waals surface area (Å²) in [6.07, 6.45) is 4.09. The summed E-state index contributed by atoms with van der Waals surface area (Å²) in [6, 6.07) is 14.5. The van der Waals surface area contributed by atoms with Gasteiger partial charge in [-0.1, -0.05) is 53.5 Å². The van der Waals surface area contributed by atoms with E-state index >= 15 is 0 Å². The molecule has 3 rings (SSSR count). The lowest BCUT2D eigenvalue weighted by atomic mass is 10.0. The van der Waals surface area contributed by atoms with Crippen LogP contribution >= 0.6 is 23.2 Å². The van der Waals surface area contributed by atoms with E-state index in [1.54, 1.807) is 0 Å². The van der Waals surface area contributed by atoms with Crippen LogP contribution in [0.25, 0.3) is 6.08 Å². The van der Waals surface area contributed by atoms with Crippen LogP contribution in [0.2, 0.25) is 10.0 Å². The van der Waals surface area contributed by atoms with Gasteiger partial charge in [-0.05, 0) is 43.7 Å². The molecule has 0 saturated carbocycles. The number of fused-ring (bicyclic) bond motifs is 1. The Balaban J connectivity index is 1.95. The average molecular weight is 359 g/mol. The first-order valence-electron chi connectivity index (χ1n) is 8.10. The van der Waals surface area contributed by atoms with Crippen LogP contribution in [0.5, 0.6) is 0 Å². The molecule has 0 radical (unpaired) electrons. The third-order valence-electron chi connectivity index (χ3n) is 4.11. The lowest BCUT2D eigenvalue weighted by Crippen LogP contribution is -2.32. The number of anilines is 1. The van der Waals surface area contributed by atoms with Gasteiger partial charge < -0.3 is 4.90 Å². The molecule has 1 heterocycles. The topological polar surface area (TPSA) is 15.6 Å². The second-order valence-electron chi connectivity index (χ2n) is 6.08. The molecular formula is C20H20Cl2N2. The highest BCUT2D eigenvalue weighted by molar-refractivity contribution is 6.42. The Hall–Kier alpha value is -1.77. The zero-order chi connectivity index (χ0) is 17.1. The summed E-state index contributed by atoms with van der Waals surface area (Å²) in [6.45, 7) is 6.15. The van der Waals surface area contributed by atoms with E-state index in [0.717, 1.165) is 24.4 Å². The molecule has 0 bridgehead atoms. The summed E-state index contributed by atoms with van der Waals surface area (Å²) in [5.41, 5.74) is 4.41. The van der Waals surface area contributed by atoms with Gasteiger partial charge in [0.05, 0.1) is 22.3 Å². The van der Waals surface area contributed by atoms with Crippen LogP contribution in [0.4, 0.5) is 5.69 Å². The highest BCUT2D eigenvalue weighted by Gasteiger charge is 2.18. The van der Waals surface area contributed by atoms with Crippen molar-refractivity contribution in [2.75, 3.05) is 18.0 Å². The SMILES string of the molecule is CC(C)N1CCN=C(C=Cc2ccc(Cl)c(Cl)c2)c2ccccc21. The van der Waals surface area contributed by atoms with Crippen molar-refractivity contribution in [3.63, 3.8) is 0 Å². The first kappa shape index (κ1) is 17.1. The molecule has 0 saturated heterocycles. The summed E-state index contributed by atoms with van der Waals surface area (Å²) in [5.74, 6) is 0. The van der Waals surface area contributed by atoms with Crippen molar-refractivity contribution in [2.24, 2.45) is 4.99 Å². The molecule has 0 spiro atoms. The molecule has 2 aromatic rings. The molecule has 2 nitrogen and oxygen atoms in total. The third-order valence-corrected chi connectivity index (χ3v) is 4.85. The van der Waals surface area contributed by atoms with Gasteiger partial charge >= 0.3 is 0 Å². The summed E-state index contributed by atoms with van der Waals surface area (Å²) in [4.78, 5) is 7.18. The third kappa shape index (κ3) is 3.66. The van der Waals surface area contributed by atoms with Crippen molar-refractivity contribution in [1.29, 1.82) is 0 Å². The quantitative estimate of drug-likeness (QED) is 0.684. The number of nitrogens with zero attached hydrogens (tertiary/aromatic N) is 2. The molecule has 0 amide bonds. The fraction of sp³-hybridized carbons (Fsp3) is 0.250. The Morgan fingerprint density at radius 3 is 2.58 bits per heavy atom. The zero-order valence-corrected chi connectivity index (χ0v) is 15.3. The largest absolute Gasteiger partial charge is 0.367 e. The molecule has 1 aliphatic heterocycles. The minimum absolute atomic E-state index is 0.444. The summed E-state index contributed by atoms with van der Waals surface area (Å²) in [7, 11) is 0. The molecule has 0 aromatic heterocycles. The molecule has 0 fully saturated rings. The average Bonchev–Trinajstić information content (AvgIpc) is 2.75. The monoisotopic (exact) mass is 358 g/mol. The second-order valence-corrected chi connectivity index (χ2v) is 6.89. The molecule has 24 heavy (non-hydrogen) atoms. The normalized spacial score (nSPS) is 14.7. The Morgan fingerprint density at radius 2 is 1.83 bits per heavy atom. The highest BCUT2D eigenvalue weighted by Crippen LogP contribution is 2.27. The summed E-state index contributed by atoms with van der Waals surface area (Å²) >= 11 is 12.1. The predicted molar refractivity (Wildman–Crippen MR) is 106 cm³/mol. The maximum absolute atomic E-state index is 6.09.